The number of aryl methyl sites for hydroxylation is 1. The first-order valence-corrected chi connectivity index (χ1v) is 9.01. The van der Waals surface area contributed by atoms with Gasteiger partial charge in [-0.3, -0.25) is 4.79 Å². The molecule has 3 rings (SSSR count). The Labute approximate surface area is 167 Å². The molecular formula is C20H21FN6O2. The first kappa shape index (κ1) is 20.0. The van der Waals surface area contributed by atoms with Crippen molar-refractivity contribution in [1.29, 1.82) is 0 Å². The number of carbonyl (C=O) groups excluding carboxylic acids is 1. The van der Waals surface area contributed by atoms with Crippen LogP contribution in [0.2, 0.25) is 0 Å². The molecule has 9 heteroatoms. The van der Waals surface area contributed by atoms with Gasteiger partial charge in [0.15, 0.2) is 24.0 Å². The third-order valence-electron chi connectivity index (χ3n) is 3.78. The van der Waals surface area contributed by atoms with E-state index >= 15 is 0 Å². The quantitative estimate of drug-likeness (QED) is 0.478. The highest BCUT2D eigenvalue weighted by molar-refractivity contribution is 5.77. The monoisotopic (exact) mass is 396 g/mol. The Kier molecular flexibility index (Phi) is 6.88. The van der Waals surface area contributed by atoms with Crippen LogP contribution in [0.5, 0.6) is 5.75 Å². The zero-order valence-corrected chi connectivity index (χ0v) is 15.9. The molecule has 29 heavy (non-hydrogen) atoms. The number of amides is 1. The first-order valence-electron chi connectivity index (χ1n) is 9.01. The number of halogens is 1. The molecule has 0 fully saturated rings. The zero-order chi connectivity index (χ0) is 20.5. The molecule has 2 aromatic heterocycles. The molecule has 0 aliphatic carbocycles. The van der Waals surface area contributed by atoms with Crippen molar-refractivity contribution in [2.45, 2.75) is 6.92 Å². The van der Waals surface area contributed by atoms with Gasteiger partial charge in [0.05, 0.1) is 0 Å². The molecular weight excluding hydrogens is 375 g/mol. The van der Waals surface area contributed by atoms with E-state index in [9.17, 15) is 9.18 Å². The van der Waals surface area contributed by atoms with Gasteiger partial charge in [0.2, 0.25) is 0 Å². The number of para-hydroxylation sites is 1. The standard InChI is InChI=1S/C20H21FN6O2/c1-14-6-7-17(24-12-14)25-19-9-8-18(26-27-19)22-10-11-23-20(28)13-29-16-5-3-2-4-15(16)21/h2-9,12H,10-11,13H2,1H3,(H,22,26)(H,23,28)(H,24,25,27). The molecule has 2 heterocycles. The third kappa shape index (κ3) is 6.42. The zero-order valence-electron chi connectivity index (χ0n) is 15.9. The lowest BCUT2D eigenvalue weighted by molar-refractivity contribution is -0.123. The second-order valence-corrected chi connectivity index (χ2v) is 6.15. The van der Waals surface area contributed by atoms with Crippen LogP contribution in [0, 0.1) is 12.7 Å². The van der Waals surface area contributed by atoms with Crippen LogP contribution in [0.15, 0.2) is 54.7 Å². The Hall–Kier alpha value is -3.75. The fraction of sp³-hybridized carbons (Fsp3) is 0.200. The third-order valence-corrected chi connectivity index (χ3v) is 3.78. The Balaban J connectivity index is 1.35. The second-order valence-electron chi connectivity index (χ2n) is 6.15. The highest BCUT2D eigenvalue weighted by Crippen LogP contribution is 2.15. The predicted molar refractivity (Wildman–Crippen MR) is 108 cm³/mol. The van der Waals surface area contributed by atoms with Crippen molar-refractivity contribution in [3.63, 3.8) is 0 Å². The van der Waals surface area contributed by atoms with Crippen LogP contribution in [0.25, 0.3) is 0 Å². The van der Waals surface area contributed by atoms with E-state index in [1.807, 2.05) is 19.1 Å². The van der Waals surface area contributed by atoms with Crippen molar-refractivity contribution in [2.24, 2.45) is 0 Å². The number of ether oxygens (including phenoxy) is 1. The molecule has 0 radical (unpaired) electrons. The van der Waals surface area contributed by atoms with Crippen LogP contribution in [0.1, 0.15) is 5.56 Å². The van der Waals surface area contributed by atoms with Crippen LogP contribution in [-0.2, 0) is 4.79 Å². The van der Waals surface area contributed by atoms with E-state index in [1.165, 1.54) is 12.1 Å². The summed E-state index contributed by atoms with van der Waals surface area (Å²) in [5.74, 6) is 1.04. The molecule has 0 saturated carbocycles. The fourth-order valence-corrected chi connectivity index (χ4v) is 2.31. The maximum absolute atomic E-state index is 13.4. The number of nitrogens with zero attached hydrogens (tertiary/aromatic N) is 3. The van der Waals surface area contributed by atoms with Crippen LogP contribution in [-0.4, -0.2) is 40.8 Å². The van der Waals surface area contributed by atoms with Gasteiger partial charge in [-0.15, -0.1) is 10.2 Å². The molecule has 0 spiro atoms. The Morgan fingerprint density at radius 2 is 1.76 bits per heavy atom. The topological polar surface area (TPSA) is 101 Å². The molecule has 150 valence electrons. The molecule has 3 aromatic rings. The van der Waals surface area contributed by atoms with E-state index < -0.39 is 5.82 Å². The first-order chi connectivity index (χ1) is 14.1. The molecule has 0 bridgehead atoms. The number of benzene rings is 1. The number of hydrogen-bond donors (Lipinski definition) is 3. The fourth-order valence-electron chi connectivity index (χ4n) is 2.31. The molecule has 0 aliphatic heterocycles. The summed E-state index contributed by atoms with van der Waals surface area (Å²) in [6, 6.07) is 13.3. The predicted octanol–water partition coefficient (Wildman–Crippen LogP) is 2.67. The van der Waals surface area contributed by atoms with E-state index in [1.54, 1.807) is 30.5 Å². The van der Waals surface area contributed by atoms with Crippen molar-refractivity contribution in [2.75, 3.05) is 30.3 Å². The van der Waals surface area contributed by atoms with Gasteiger partial charge >= 0.3 is 0 Å². The van der Waals surface area contributed by atoms with Crippen molar-refractivity contribution >= 4 is 23.4 Å². The van der Waals surface area contributed by atoms with Gasteiger partial charge in [-0.25, -0.2) is 9.37 Å². The van der Waals surface area contributed by atoms with Crippen molar-refractivity contribution in [3.8, 4) is 5.75 Å². The molecule has 8 nitrogen and oxygen atoms in total. The summed E-state index contributed by atoms with van der Waals surface area (Å²) in [6.07, 6.45) is 1.77. The number of anilines is 3. The van der Waals surface area contributed by atoms with E-state index in [2.05, 4.69) is 31.1 Å². The minimum absolute atomic E-state index is 0.0468. The summed E-state index contributed by atoms with van der Waals surface area (Å²) in [4.78, 5) is 16.0. The largest absolute Gasteiger partial charge is 0.481 e. The van der Waals surface area contributed by atoms with E-state index in [-0.39, 0.29) is 18.3 Å². The summed E-state index contributed by atoms with van der Waals surface area (Å²) < 4.78 is 18.6. The van der Waals surface area contributed by atoms with Gasteiger partial charge in [0.25, 0.3) is 5.91 Å². The van der Waals surface area contributed by atoms with Gasteiger partial charge < -0.3 is 20.7 Å². The average molecular weight is 396 g/mol. The number of aromatic nitrogens is 3. The van der Waals surface area contributed by atoms with Gasteiger partial charge in [0.1, 0.15) is 11.6 Å². The van der Waals surface area contributed by atoms with Gasteiger partial charge in [-0.2, -0.15) is 0 Å². The van der Waals surface area contributed by atoms with E-state index in [0.717, 1.165) is 5.56 Å². The van der Waals surface area contributed by atoms with Crippen LogP contribution in [0.3, 0.4) is 0 Å². The molecule has 1 amide bonds. The number of carbonyl (C=O) groups is 1. The molecule has 0 aliphatic rings. The SMILES string of the molecule is Cc1ccc(Nc2ccc(NCCNC(=O)COc3ccccc3F)nn2)nc1. The van der Waals surface area contributed by atoms with E-state index in [0.29, 0.717) is 30.5 Å². The lowest BCUT2D eigenvalue weighted by Gasteiger charge is -2.09. The molecule has 1 aromatic carbocycles. The molecule has 0 unspecified atom stereocenters. The summed E-state index contributed by atoms with van der Waals surface area (Å²) in [7, 11) is 0. The summed E-state index contributed by atoms with van der Waals surface area (Å²) in [5.41, 5.74) is 1.08. The van der Waals surface area contributed by atoms with Gasteiger partial charge in [-0.05, 0) is 42.8 Å². The number of nitrogens with one attached hydrogen (secondary N) is 3. The van der Waals surface area contributed by atoms with Crippen molar-refractivity contribution in [3.05, 3.63) is 66.1 Å². The maximum atomic E-state index is 13.4. The van der Waals surface area contributed by atoms with E-state index in [4.69, 9.17) is 4.74 Å². The average Bonchev–Trinajstić information content (AvgIpc) is 2.73. The Morgan fingerprint density at radius 3 is 2.48 bits per heavy atom. The highest BCUT2D eigenvalue weighted by Gasteiger charge is 2.06. The second kappa shape index (κ2) is 9.98. The van der Waals surface area contributed by atoms with Crippen LogP contribution in [0.4, 0.5) is 21.8 Å². The summed E-state index contributed by atoms with van der Waals surface area (Å²) in [5, 5.41) is 16.9. The normalized spacial score (nSPS) is 10.3. The van der Waals surface area contributed by atoms with Gasteiger partial charge in [-0.1, -0.05) is 18.2 Å². The maximum Gasteiger partial charge on any atom is 0.258 e. The lowest BCUT2D eigenvalue weighted by Crippen LogP contribution is -2.32. The number of rotatable bonds is 9. The Bertz CT molecular complexity index is 934. The molecule has 0 saturated heterocycles. The summed E-state index contributed by atoms with van der Waals surface area (Å²) in [6.45, 7) is 2.52. The van der Waals surface area contributed by atoms with Crippen LogP contribution < -0.4 is 20.7 Å². The van der Waals surface area contributed by atoms with Crippen molar-refractivity contribution < 1.29 is 13.9 Å². The number of hydrogen-bond acceptors (Lipinski definition) is 7. The summed E-state index contributed by atoms with van der Waals surface area (Å²) >= 11 is 0. The van der Waals surface area contributed by atoms with Crippen LogP contribution >= 0.6 is 0 Å². The Morgan fingerprint density at radius 1 is 1.00 bits per heavy atom. The smallest absolute Gasteiger partial charge is 0.258 e. The number of pyridine rings is 1. The molecule has 3 N–H and O–H groups in total. The highest BCUT2D eigenvalue weighted by atomic mass is 19.1. The van der Waals surface area contributed by atoms with Gasteiger partial charge in [0, 0.05) is 19.3 Å². The van der Waals surface area contributed by atoms with Crippen molar-refractivity contribution in [1.82, 2.24) is 20.5 Å². The minimum Gasteiger partial charge on any atom is -0.481 e. The molecule has 0 atom stereocenters. The lowest BCUT2D eigenvalue weighted by atomic mass is 10.3. The minimum atomic E-state index is -0.503.